The maximum atomic E-state index is 9.96. The standard InChI is InChI=1S/C15H18N4O2/c1-10-17-12(11-3-5-16-6-4-11)7-15(18-10)19(2)13-8-21-9-14(13)20/h3-7,13-14,20H,8-9H2,1-2H3/t13-,14-/m1/s1. The number of rotatable bonds is 3. The van der Waals surface area contributed by atoms with Gasteiger partial charge in [-0.05, 0) is 19.1 Å². The van der Waals surface area contributed by atoms with Gasteiger partial charge in [-0.15, -0.1) is 0 Å². The number of aliphatic hydroxyl groups is 1. The van der Waals surface area contributed by atoms with E-state index in [0.717, 1.165) is 17.1 Å². The first-order valence-electron chi connectivity index (χ1n) is 6.90. The Balaban J connectivity index is 1.94. The molecular weight excluding hydrogens is 268 g/mol. The highest BCUT2D eigenvalue weighted by Crippen LogP contribution is 2.24. The Labute approximate surface area is 123 Å². The zero-order chi connectivity index (χ0) is 14.8. The van der Waals surface area contributed by atoms with Crippen molar-refractivity contribution in [2.24, 2.45) is 0 Å². The van der Waals surface area contributed by atoms with Crippen LogP contribution in [0, 0.1) is 6.92 Å². The van der Waals surface area contributed by atoms with Crippen LogP contribution in [0.15, 0.2) is 30.6 Å². The van der Waals surface area contributed by atoms with E-state index in [-0.39, 0.29) is 6.04 Å². The Kier molecular flexibility index (Phi) is 3.81. The van der Waals surface area contributed by atoms with Crippen LogP contribution in [0.1, 0.15) is 5.82 Å². The van der Waals surface area contributed by atoms with Crippen LogP contribution in [-0.4, -0.2) is 52.5 Å². The van der Waals surface area contributed by atoms with Crippen LogP contribution >= 0.6 is 0 Å². The smallest absolute Gasteiger partial charge is 0.133 e. The number of anilines is 1. The molecule has 0 spiro atoms. The summed E-state index contributed by atoms with van der Waals surface area (Å²) in [4.78, 5) is 14.9. The van der Waals surface area contributed by atoms with Crippen LogP contribution in [-0.2, 0) is 4.74 Å². The number of likely N-dealkylation sites (N-methyl/N-ethyl adjacent to an activating group) is 1. The highest BCUT2D eigenvalue weighted by molar-refractivity contribution is 5.62. The summed E-state index contributed by atoms with van der Waals surface area (Å²) in [6, 6.07) is 5.68. The largest absolute Gasteiger partial charge is 0.388 e. The average Bonchev–Trinajstić information content (AvgIpc) is 2.93. The van der Waals surface area contributed by atoms with Crippen molar-refractivity contribution in [3.8, 4) is 11.3 Å². The number of nitrogens with zero attached hydrogens (tertiary/aromatic N) is 4. The molecule has 0 amide bonds. The van der Waals surface area contributed by atoms with Crippen molar-refractivity contribution < 1.29 is 9.84 Å². The molecule has 2 atom stereocenters. The summed E-state index contributed by atoms with van der Waals surface area (Å²) in [6.07, 6.45) is 2.99. The fraction of sp³-hybridized carbons (Fsp3) is 0.400. The molecular formula is C15H18N4O2. The van der Waals surface area contributed by atoms with Gasteiger partial charge >= 0.3 is 0 Å². The molecule has 0 unspecified atom stereocenters. The van der Waals surface area contributed by atoms with Gasteiger partial charge < -0.3 is 14.7 Å². The Hall–Kier alpha value is -2.05. The molecule has 1 N–H and O–H groups in total. The molecule has 2 aromatic rings. The van der Waals surface area contributed by atoms with E-state index >= 15 is 0 Å². The van der Waals surface area contributed by atoms with Gasteiger partial charge in [-0.3, -0.25) is 4.98 Å². The van der Waals surface area contributed by atoms with Crippen molar-refractivity contribution in [1.82, 2.24) is 15.0 Å². The number of ether oxygens (including phenoxy) is 1. The molecule has 110 valence electrons. The number of hydrogen-bond acceptors (Lipinski definition) is 6. The van der Waals surface area contributed by atoms with Gasteiger partial charge in [0.2, 0.25) is 0 Å². The van der Waals surface area contributed by atoms with E-state index in [1.54, 1.807) is 12.4 Å². The summed E-state index contributed by atoms with van der Waals surface area (Å²) in [6.45, 7) is 2.74. The molecule has 3 rings (SSSR count). The Morgan fingerprint density at radius 1 is 1.24 bits per heavy atom. The van der Waals surface area contributed by atoms with Gasteiger partial charge in [-0.1, -0.05) is 0 Å². The van der Waals surface area contributed by atoms with Crippen LogP contribution in [0.3, 0.4) is 0 Å². The second-order valence-corrected chi connectivity index (χ2v) is 5.18. The molecule has 0 radical (unpaired) electrons. The van der Waals surface area contributed by atoms with Gasteiger partial charge in [0, 0.05) is 31.1 Å². The molecule has 0 bridgehead atoms. The average molecular weight is 286 g/mol. The van der Waals surface area contributed by atoms with Gasteiger partial charge in [0.25, 0.3) is 0 Å². The molecule has 0 saturated carbocycles. The minimum Gasteiger partial charge on any atom is -0.388 e. The maximum absolute atomic E-state index is 9.96. The van der Waals surface area contributed by atoms with Crippen LogP contribution in [0.2, 0.25) is 0 Å². The number of hydrogen-bond donors (Lipinski definition) is 1. The third-order valence-electron chi connectivity index (χ3n) is 3.68. The number of pyridine rings is 1. The quantitative estimate of drug-likeness (QED) is 0.909. The maximum Gasteiger partial charge on any atom is 0.133 e. The van der Waals surface area contributed by atoms with Gasteiger partial charge in [0.1, 0.15) is 11.6 Å². The Bertz CT molecular complexity index is 620. The second-order valence-electron chi connectivity index (χ2n) is 5.18. The molecule has 0 aliphatic carbocycles. The highest BCUT2D eigenvalue weighted by atomic mass is 16.5. The molecule has 1 aliphatic heterocycles. The first kappa shape index (κ1) is 13.9. The molecule has 6 nitrogen and oxygen atoms in total. The van der Waals surface area contributed by atoms with Crippen molar-refractivity contribution in [1.29, 1.82) is 0 Å². The van der Waals surface area contributed by atoms with Crippen molar-refractivity contribution in [3.05, 3.63) is 36.4 Å². The van der Waals surface area contributed by atoms with E-state index in [2.05, 4.69) is 15.0 Å². The number of aryl methyl sites for hydroxylation is 1. The SMILES string of the molecule is Cc1nc(-c2ccncc2)cc(N(C)[C@@H]2COC[C@H]2O)n1. The molecule has 0 aromatic carbocycles. The predicted molar refractivity (Wildman–Crippen MR) is 79.0 cm³/mol. The van der Waals surface area contributed by atoms with E-state index in [1.165, 1.54) is 0 Å². The third kappa shape index (κ3) is 2.86. The molecule has 3 heterocycles. The lowest BCUT2D eigenvalue weighted by Gasteiger charge is -2.27. The monoisotopic (exact) mass is 286 g/mol. The topological polar surface area (TPSA) is 71.4 Å². The van der Waals surface area contributed by atoms with Gasteiger partial charge in [-0.25, -0.2) is 9.97 Å². The molecule has 1 saturated heterocycles. The van der Waals surface area contributed by atoms with E-state index in [9.17, 15) is 5.11 Å². The summed E-state index contributed by atoms with van der Waals surface area (Å²) in [5, 5.41) is 9.96. The summed E-state index contributed by atoms with van der Waals surface area (Å²) < 4.78 is 5.31. The van der Waals surface area contributed by atoms with Crippen molar-refractivity contribution in [2.45, 2.75) is 19.1 Å². The second kappa shape index (κ2) is 5.75. The van der Waals surface area contributed by atoms with Gasteiger partial charge in [0.05, 0.1) is 31.1 Å². The fourth-order valence-corrected chi connectivity index (χ4v) is 2.47. The lowest BCUT2D eigenvalue weighted by molar-refractivity contribution is 0.124. The van der Waals surface area contributed by atoms with E-state index in [0.29, 0.717) is 19.0 Å². The summed E-state index contributed by atoms with van der Waals surface area (Å²) in [5.41, 5.74) is 1.84. The molecule has 1 fully saturated rings. The van der Waals surface area contributed by atoms with Crippen LogP contribution in [0.5, 0.6) is 0 Å². The Morgan fingerprint density at radius 2 is 2.00 bits per heavy atom. The Morgan fingerprint density at radius 3 is 2.67 bits per heavy atom. The zero-order valence-electron chi connectivity index (χ0n) is 12.1. The highest BCUT2D eigenvalue weighted by Gasteiger charge is 2.30. The fourth-order valence-electron chi connectivity index (χ4n) is 2.47. The van der Waals surface area contributed by atoms with Gasteiger partial charge in [0.15, 0.2) is 0 Å². The lowest BCUT2D eigenvalue weighted by Crippen LogP contribution is -2.41. The molecule has 21 heavy (non-hydrogen) atoms. The number of aromatic nitrogens is 3. The third-order valence-corrected chi connectivity index (χ3v) is 3.68. The predicted octanol–water partition coefficient (Wildman–Crippen LogP) is 1.04. The summed E-state index contributed by atoms with van der Waals surface area (Å²) in [5.74, 6) is 1.48. The first-order chi connectivity index (χ1) is 10.1. The lowest BCUT2D eigenvalue weighted by atomic mass is 10.1. The zero-order valence-corrected chi connectivity index (χ0v) is 12.1. The van der Waals surface area contributed by atoms with Crippen LogP contribution < -0.4 is 4.90 Å². The molecule has 2 aromatic heterocycles. The summed E-state index contributed by atoms with van der Waals surface area (Å²) >= 11 is 0. The van der Waals surface area contributed by atoms with Crippen LogP contribution in [0.25, 0.3) is 11.3 Å². The normalized spacial score (nSPS) is 21.5. The number of aliphatic hydroxyl groups excluding tert-OH is 1. The van der Waals surface area contributed by atoms with E-state index < -0.39 is 6.10 Å². The minimum absolute atomic E-state index is 0.0791. The minimum atomic E-state index is -0.491. The summed E-state index contributed by atoms with van der Waals surface area (Å²) in [7, 11) is 1.92. The first-order valence-corrected chi connectivity index (χ1v) is 6.90. The van der Waals surface area contributed by atoms with Crippen molar-refractivity contribution >= 4 is 5.82 Å². The van der Waals surface area contributed by atoms with Crippen molar-refractivity contribution in [3.63, 3.8) is 0 Å². The van der Waals surface area contributed by atoms with E-state index in [1.807, 2.05) is 37.1 Å². The molecule has 6 heteroatoms. The van der Waals surface area contributed by atoms with Crippen molar-refractivity contribution in [2.75, 3.05) is 25.2 Å². The molecule has 1 aliphatic rings. The van der Waals surface area contributed by atoms with E-state index in [4.69, 9.17) is 4.74 Å². The van der Waals surface area contributed by atoms with Crippen LogP contribution in [0.4, 0.5) is 5.82 Å². The van der Waals surface area contributed by atoms with Gasteiger partial charge in [-0.2, -0.15) is 0 Å².